The smallest absolute Gasteiger partial charge is 0.276 e. The van der Waals surface area contributed by atoms with Crippen LogP contribution < -0.4 is 11.1 Å². The molecular formula is C12H18N6O2. The molecule has 1 aromatic rings. The van der Waals surface area contributed by atoms with Gasteiger partial charge in [0.25, 0.3) is 5.91 Å². The summed E-state index contributed by atoms with van der Waals surface area (Å²) in [6.07, 6.45) is 3.22. The Morgan fingerprint density at radius 3 is 2.85 bits per heavy atom. The molecule has 0 aliphatic carbocycles. The van der Waals surface area contributed by atoms with Gasteiger partial charge in [-0.15, -0.1) is 5.10 Å². The molecule has 2 saturated heterocycles. The predicted molar refractivity (Wildman–Crippen MR) is 69.8 cm³/mol. The molecule has 2 amide bonds. The molecule has 3 rings (SSSR count). The Labute approximate surface area is 116 Å². The number of primary amides is 1. The highest BCUT2D eigenvalue weighted by molar-refractivity contribution is 5.92. The summed E-state index contributed by atoms with van der Waals surface area (Å²) in [4.78, 5) is 25.2. The summed E-state index contributed by atoms with van der Waals surface area (Å²) < 4.78 is 1.72. The van der Waals surface area contributed by atoms with Crippen LogP contribution in [-0.4, -0.2) is 57.9 Å². The number of hydrogen-bond acceptors (Lipinski definition) is 5. The molecule has 1 atom stereocenters. The number of amides is 2. The number of piperidine rings is 1. The Hall–Kier alpha value is -1.96. The second kappa shape index (κ2) is 5.20. The molecule has 3 heterocycles. The van der Waals surface area contributed by atoms with E-state index in [4.69, 9.17) is 5.73 Å². The molecule has 0 aromatic carbocycles. The molecule has 2 aliphatic heterocycles. The fourth-order valence-electron chi connectivity index (χ4n) is 2.57. The summed E-state index contributed by atoms with van der Waals surface area (Å²) in [5.74, 6) is -0.764. The van der Waals surface area contributed by atoms with E-state index >= 15 is 0 Å². The molecule has 20 heavy (non-hydrogen) atoms. The first kappa shape index (κ1) is 13.0. The molecule has 3 N–H and O–H groups in total. The molecule has 8 heteroatoms. The van der Waals surface area contributed by atoms with E-state index in [1.165, 1.54) is 0 Å². The Bertz CT molecular complexity index is 524. The predicted octanol–water partition coefficient (Wildman–Crippen LogP) is -1.24. The second-order valence-electron chi connectivity index (χ2n) is 5.39. The summed E-state index contributed by atoms with van der Waals surface area (Å²) in [7, 11) is 0. The average molecular weight is 278 g/mol. The highest BCUT2D eigenvalue weighted by Gasteiger charge is 2.29. The summed E-state index contributed by atoms with van der Waals surface area (Å²) in [5.41, 5.74) is 5.66. The third-order valence-corrected chi connectivity index (χ3v) is 3.97. The first-order chi connectivity index (χ1) is 9.65. The minimum Gasteiger partial charge on any atom is -0.369 e. The van der Waals surface area contributed by atoms with Gasteiger partial charge in [0, 0.05) is 26.2 Å². The maximum Gasteiger partial charge on any atom is 0.276 e. The van der Waals surface area contributed by atoms with Crippen LogP contribution in [0.5, 0.6) is 0 Å². The molecule has 1 unspecified atom stereocenters. The fraction of sp³-hybridized carbons (Fsp3) is 0.667. The third kappa shape index (κ3) is 2.38. The van der Waals surface area contributed by atoms with E-state index in [9.17, 15) is 9.59 Å². The van der Waals surface area contributed by atoms with Crippen LogP contribution in [0.3, 0.4) is 0 Å². The van der Waals surface area contributed by atoms with Gasteiger partial charge in [0.1, 0.15) is 0 Å². The molecule has 0 saturated carbocycles. The molecule has 0 radical (unpaired) electrons. The SMILES string of the molecule is NC(=O)C1CCCN(C(=O)c2cn(C3CNC3)nn2)C1. The summed E-state index contributed by atoms with van der Waals surface area (Å²) in [5, 5.41) is 11.1. The van der Waals surface area contributed by atoms with Crippen molar-refractivity contribution in [1.29, 1.82) is 0 Å². The third-order valence-electron chi connectivity index (χ3n) is 3.97. The van der Waals surface area contributed by atoms with Crippen LogP contribution in [0.25, 0.3) is 0 Å². The van der Waals surface area contributed by atoms with Crippen molar-refractivity contribution in [3.05, 3.63) is 11.9 Å². The molecular weight excluding hydrogens is 260 g/mol. The van der Waals surface area contributed by atoms with Crippen molar-refractivity contribution in [1.82, 2.24) is 25.2 Å². The monoisotopic (exact) mass is 278 g/mol. The van der Waals surface area contributed by atoms with Crippen molar-refractivity contribution in [3.8, 4) is 0 Å². The molecule has 1 aromatic heterocycles. The van der Waals surface area contributed by atoms with Gasteiger partial charge in [-0.1, -0.05) is 5.21 Å². The lowest BCUT2D eigenvalue weighted by atomic mass is 9.97. The van der Waals surface area contributed by atoms with Crippen LogP contribution in [-0.2, 0) is 4.79 Å². The quantitative estimate of drug-likeness (QED) is 0.719. The number of hydrogen-bond donors (Lipinski definition) is 2. The van der Waals surface area contributed by atoms with E-state index in [0.717, 1.165) is 25.9 Å². The number of aromatic nitrogens is 3. The van der Waals surface area contributed by atoms with Gasteiger partial charge in [-0.3, -0.25) is 9.59 Å². The second-order valence-corrected chi connectivity index (χ2v) is 5.39. The van der Waals surface area contributed by atoms with Gasteiger partial charge in [-0.05, 0) is 12.8 Å². The zero-order chi connectivity index (χ0) is 14.1. The van der Waals surface area contributed by atoms with Gasteiger partial charge in [0.05, 0.1) is 18.2 Å². The van der Waals surface area contributed by atoms with Gasteiger partial charge < -0.3 is 16.0 Å². The number of nitrogens with one attached hydrogen (secondary N) is 1. The molecule has 8 nitrogen and oxygen atoms in total. The van der Waals surface area contributed by atoms with Crippen molar-refractivity contribution in [2.75, 3.05) is 26.2 Å². The Morgan fingerprint density at radius 2 is 2.20 bits per heavy atom. The van der Waals surface area contributed by atoms with Gasteiger partial charge in [0.2, 0.25) is 5.91 Å². The van der Waals surface area contributed by atoms with Gasteiger partial charge in [0.15, 0.2) is 5.69 Å². The molecule has 2 fully saturated rings. The van der Waals surface area contributed by atoms with E-state index in [0.29, 0.717) is 18.8 Å². The zero-order valence-electron chi connectivity index (χ0n) is 11.2. The van der Waals surface area contributed by atoms with Crippen LogP contribution in [0.1, 0.15) is 29.4 Å². The van der Waals surface area contributed by atoms with Crippen molar-refractivity contribution in [2.45, 2.75) is 18.9 Å². The lowest BCUT2D eigenvalue weighted by molar-refractivity contribution is -0.123. The van der Waals surface area contributed by atoms with Gasteiger partial charge in [-0.2, -0.15) is 0 Å². The fourth-order valence-corrected chi connectivity index (χ4v) is 2.57. The number of likely N-dealkylation sites (tertiary alicyclic amines) is 1. The topological polar surface area (TPSA) is 106 Å². The normalized spacial score (nSPS) is 23.4. The molecule has 0 bridgehead atoms. The number of rotatable bonds is 3. The Balaban J connectivity index is 1.68. The van der Waals surface area contributed by atoms with E-state index < -0.39 is 0 Å². The summed E-state index contributed by atoms with van der Waals surface area (Å²) >= 11 is 0. The largest absolute Gasteiger partial charge is 0.369 e. The Morgan fingerprint density at radius 1 is 1.40 bits per heavy atom. The number of carbonyl (C=O) groups excluding carboxylic acids is 2. The van der Waals surface area contributed by atoms with E-state index in [1.54, 1.807) is 15.8 Å². The van der Waals surface area contributed by atoms with Crippen LogP contribution in [0.15, 0.2) is 6.20 Å². The van der Waals surface area contributed by atoms with E-state index in [1.807, 2.05) is 0 Å². The van der Waals surface area contributed by atoms with Gasteiger partial charge in [-0.25, -0.2) is 4.68 Å². The van der Waals surface area contributed by atoms with Crippen LogP contribution in [0, 0.1) is 5.92 Å². The maximum atomic E-state index is 12.4. The maximum absolute atomic E-state index is 12.4. The van der Waals surface area contributed by atoms with Crippen LogP contribution in [0.2, 0.25) is 0 Å². The zero-order valence-corrected chi connectivity index (χ0v) is 11.2. The number of carbonyl (C=O) groups is 2. The standard InChI is InChI=1S/C12H18N6O2/c13-11(19)8-2-1-3-17(6-8)12(20)10-7-18(16-15-10)9-4-14-5-9/h7-9,14H,1-6H2,(H2,13,19). The molecule has 0 spiro atoms. The number of nitrogens with zero attached hydrogens (tertiary/aromatic N) is 4. The Kier molecular flexibility index (Phi) is 3.39. The summed E-state index contributed by atoms with van der Waals surface area (Å²) in [6.45, 7) is 2.72. The van der Waals surface area contributed by atoms with Crippen molar-refractivity contribution in [3.63, 3.8) is 0 Å². The van der Waals surface area contributed by atoms with Crippen molar-refractivity contribution < 1.29 is 9.59 Å². The van der Waals surface area contributed by atoms with Gasteiger partial charge >= 0.3 is 0 Å². The first-order valence-corrected chi connectivity index (χ1v) is 6.86. The van der Waals surface area contributed by atoms with Crippen molar-refractivity contribution in [2.24, 2.45) is 11.7 Å². The first-order valence-electron chi connectivity index (χ1n) is 6.86. The number of nitrogens with two attached hydrogens (primary N) is 1. The molecule has 108 valence electrons. The lowest BCUT2D eigenvalue weighted by Gasteiger charge is -2.30. The summed E-state index contributed by atoms with van der Waals surface area (Å²) in [6, 6.07) is 0.281. The van der Waals surface area contributed by atoms with Crippen LogP contribution >= 0.6 is 0 Å². The van der Waals surface area contributed by atoms with E-state index in [2.05, 4.69) is 15.6 Å². The highest BCUT2D eigenvalue weighted by atomic mass is 16.2. The minimum absolute atomic E-state index is 0.172. The van der Waals surface area contributed by atoms with E-state index in [-0.39, 0.29) is 23.8 Å². The molecule has 2 aliphatic rings. The highest BCUT2D eigenvalue weighted by Crippen LogP contribution is 2.18. The lowest BCUT2D eigenvalue weighted by Crippen LogP contribution is -2.44. The minimum atomic E-state index is -0.341. The van der Waals surface area contributed by atoms with Crippen LogP contribution in [0.4, 0.5) is 0 Å². The average Bonchev–Trinajstić information content (AvgIpc) is 2.85. The van der Waals surface area contributed by atoms with Crippen molar-refractivity contribution >= 4 is 11.8 Å².